The Morgan fingerprint density at radius 1 is 1.33 bits per heavy atom. The number of carboxylic acids is 1. The van der Waals surface area contributed by atoms with Crippen molar-refractivity contribution in [2.45, 2.75) is 38.5 Å². The predicted molar refractivity (Wildman–Crippen MR) is 69.3 cm³/mol. The molecule has 0 aliphatic heterocycles. The van der Waals surface area contributed by atoms with Gasteiger partial charge < -0.3 is 10.4 Å². The second-order valence-corrected chi connectivity index (χ2v) is 6.17. The molecule has 4 nitrogen and oxygen atoms in total. The van der Waals surface area contributed by atoms with Crippen LogP contribution >= 0.6 is 11.3 Å². The zero-order valence-corrected chi connectivity index (χ0v) is 10.8. The van der Waals surface area contributed by atoms with Gasteiger partial charge in [0.1, 0.15) is 5.00 Å². The lowest BCUT2D eigenvalue weighted by Crippen LogP contribution is -2.13. The molecule has 1 fully saturated rings. The van der Waals surface area contributed by atoms with Gasteiger partial charge in [0.2, 0.25) is 5.91 Å². The van der Waals surface area contributed by atoms with Gasteiger partial charge in [-0.05, 0) is 43.6 Å². The number of anilines is 1. The van der Waals surface area contributed by atoms with E-state index in [0.29, 0.717) is 22.9 Å². The number of amides is 1. The minimum atomic E-state index is -0.920. The number of thiophene rings is 1. The van der Waals surface area contributed by atoms with Crippen LogP contribution in [-0.4, -0.2) is 17.0 Å². The van der Waals surface area contributed by atoms with E-state index in [4.69, 9.17) is 0 Å². The Hall–Kier alpha value is -1.36. The summed E-state index contributed by atoms with van der Waals surface area (Å²) in [6, 6.07) is 0. The van der Waals surface area contributed by atoms with Crippen LogP contribution < -0.4 is 5.32 Å². The summed E-state index contributed by atoms with van der Waals surface area (Å²) in [7, 11) is 0. The molecule has 0 atom stereocenters. The van der Waals surface area contributed by atoms with E-state index in [2.05, 4.69) is 5.32 Å². The third-order valence-electron chi connectivity index (χ3n) is 3.56. The van der Waals surface area contributed by atoms with Crippen LogP contribution in [0.25, 0.3) is 0 Å². The Bertz CT molecular complexity index is 517. The molecule has 1 aromatic heterocycles. The molecule has 1 saturated carbocycles. The third kappa shape index (κ3) is 2.14. The van der Waals surface area contributed by atoms with Gasteiger partial charge in [0, 0.05) is 11.3 Å². The highest BCUT2D eigenvalue weighted by Gasteiger charge is 2.29. The summed E-state index contributed by atoms with van der Waals surface area (Å²) in [4.78, 5) is 24.2. The van der Waals surface area contributed by atoms with E-state index in [1.54, 1.807) is 0 Å². The molecule has 0 radical (unpaired) electrons. The van der Waals surface area contributed by atoms with Crippen molar-refractivity contribution in [2.24, 2.45) is 5.92 Å². The fourth-order valence-corrected chi connectivity index (χ4v) is 3.78. The highest BCUT2D eigenvalue weighted by Crippen LogP contribution is 2.39. The molecule has 96 valence electrons. The Kier molecular flexibility index (Phi) is 2.86. The summed E-state index contributed by atoms with van der Waals surface area (Å²) in [6.07, 6.45) is 5.57. The molecule has 0 unspecified atom stereocenters. The number of carbonyl (C=O) groups excluding carboxylic acids is 1. The maximum Gasteiger partial charge on any atom is 0.339 e. The van der Waals surface area contributed by atoms with Crippen molar-refractivity contribution in [1.82, 2.24) is 0 Å². The number of fused-ring (bicyclic) bond motifs is 1. The number of rotatable bonds is 4. The minimum absolute atomic E-state index is 0.0417. The summed E-state index contributed by atoms with van der Waals surface area (Å²) in [6.45, 7) is 0. The number of aryl methyl sites for hydroxylation is 1. The number of hydrogen-bond donors (Lipinski definition) is 2. The van der Waals surface area contributed by atoms with Crippen molar-refractivity contribution in [3.8, 4) is 0 Å². The standard InChI is InChI=1S/C13H15NO3S/c15-10(6-7-4-5-7)14-12-11(13(16)17)8-2-1-3-9(8)18-12/h7H,1-6H2,(H,14,15)(H,16,17). The zero-order chi connectivity index (χ0) is 12.7. The molecule has 2 aliphatic carbocycles. The van der Waals surface area contributed by atoms with Gasteiger partial charge in [-0.1, -0.05) is 0 Å². The molecule has 3 rings (SSSR count). The van der Waals surface area contributed by atoms with E-state index >= 15 is 0 Å². The van der Waals surface area contributed by atoms with Gasteiger partial charge in [-0.25, -0.2) is 4.79 Å². The first-order chi connectivity index (χ1) is 8.65. The summed E-state index contributed by atoms with van der Waals surface area (Å²) in [5.74, 6) is -0.443. The normalized spacial score (nSPS) is 17.6. The first-order valence-electron chi connectivity index (χ1n) is 6.33. The first-order valence-corrected chi connectivity index (χ1v) is 7.14. The van der Waals surface area contributed by atoms with Crippen LogP contribution in [0.15, 0.2) is 0 Å². The summed E-state index contributed by atoms with van der Waals surface area (Å²) in [5.41, 5.74) is 1.27. The van der Waals surface area contributed by atoms with E-state index < -0.39 is 5.97 Å². The maximum absolute atomic E-state index is 11.8. The Morgan fingerprint density at radius 2 is 2.11 bits per heavy atom. The van der Waals surface area contributed by atoms with E-state index in [-0.39, 0.29) is 5.91 Å². The summed E-state index contributed by atoms with van der Waals surface area (Å²) >= 11 is 1.44. The monoisotopic (exact) mass is 265 g/mol. The van der Waals surface area contributed by atoms with Gasteiger partial charge in [0.25, 0.3) is 0 Å². The maximum atomic E-state index is 11.8. The van der Waals surface area contributed by atoms with E-state index in [0.717, 1.165) is 42.5 Å². The van der Waals surface area contributed by atoms with Gasteiger partial charge in [-0.3, -0.25) is 4.79 Å². The van der Waals surface area contributed by atoms with E-state index in [1.807, 2.05) is 0 Å². The van der Waals surface area contributed by atoms with Crippen LogP contribution in [0.3, 0.4) is 0 Å². The van der Waals surface area contributed by atoms with Crippen LogP contribution in [0.1, 0.15) is 46.5 Å². The van der Waals surface area contributed by atoms with Gasteiger partial charge in [-0.2, -0.15) is 0 Å². The molecule has 1 heterocycles. The number of nitrogens with one attached hydrogen (secondary N) is 1. The molecule has 1 aromatic rings. The average molecular weight is 265 g/mol. The molecule has 18 heavy (non-hydrogen) atoms. The minimum Gasteiger partial charge on any atom is -0.478 e. The third-order valence-corrected chi connectivity index (χ3v) is 4.77. The Morgan fingerprint density at radius 3 is 2.78 bits per heavy atom. The lowest BCUT2D eigenvalue weighted by molar-refractivity contribution is -0.116. The quantitative estimate of drug-likeness (QED) is 0.879. The molecular formula is C13H15NO3S. The second-order valence-electron chi connectivity index (χ2n) is 5.06. The fraction of sp³-hybridized carbons (Fsp3) is 0.538. The zero-order valence-electron chi connectivity index (χ0n) is 9.99. The molecule has 0 bridgehead atoms. The van der Waals surface area contributed by atoms with Crippen molar-refractivity contribution in [2.75, 3.05) is 5.32 Å². The van der Waals surface area contributed by atoms with Gasteiger partial charge in [-0.15, -0.1) is 11.3 Å². The van der Waals surface area contributed by atoms with Crippen LogP contribution in [0.5, 0.6) is 0 Å². The lowest BCUT2D eigenvalue weighted by Gasteiger charge is -2.04. The van der Waals surface area contributed by atoms with Crippen molar-refractivity contribution >= 4 is 28.2 Å². The van der Waals surface area contributed by atoms with Crippen molar-refractivity contribution in [3.63, 3.8) is 0 Å². The molecule has 2 N–H and O–H groups in total. The van der Waals surface area contributed by atoms with Crippen molar-refractivity contribution < 1.29 is 14.7 Å². The Labute approximate surface area is 109 Å². The second kappa shape index (κ2) is 4.39. The molecular weight excluding hydrogens is 250 g/mol. The highest BCUT2D eigenvalue weighted by atomic mass is 32.1. The van der Waals surface area contributed by atoms with Crippen molar-refractivity contribution in [3.05, 3.63) is 16.0 Å². The van der Waals surface area contributed by atoms with Gasteiger partial charge in [0.05, 0.1) is 5.56 Å². The topological polar surface area (TPSA) is 66.4 Å². The predicted octanol–water partition coefficient (Wildman–Crippen LogP) is 2.67. The van der Waals surface area contributed by atoms with Gasteiger partial charge in [0.15, 0.2) is 0 Å². The summed E-state index contributed by atoms with van der Waals surface area (Å²) in [5, 5.41) is 12.6. The van der Waals surface area contributed by atoms with Crippen molar-refractivity contribution in [1.29, 1.82) is 0 Å². The average Bonchev–Trinajstić information content (AvgIpc) is 2.85. The molecule has 0 spiro atoms. The number of hydrogen-bond acceptors (Lipinski definition) is 3. The molecule has 2 aliphatic rings. The lowest BCUT2D eigenvalue weighted by atomic mass is 10.1. The smallest absolute Gasteiger partial charge is 0.339 e. The van der Waals surface area contributed by atoms with Gasteiger partial charge >= 0.3 is 5.97 Å². The van der Waals surface area contributed by atoms with E-state index in [1.165, 1.54) is 11.3 Å². The Balaban J connectivity index is 1.82. The summed E-state index contributed by atoms with van der Waals surface area (Å²) < 4.78 is 0. The molecule has 1 amide bonds. The number of carbonyl (C=O) groups is 2. The SMILES string of the molecule is O=C(CC1CC1)Nc1sc2c(c1C(=O)O)CCC2. The number of carboxylic acid groups (broad SMARTS) is 1. The van der Waals surface area contributed by atoms with Crippen LogP contribution in [0.4, 0.5) is 5.00 Å². The first kappa shape index (κ1) is 11.7. The fourth-order valence-electron chi connectivity index (χ4n) is 2.48. The molecule has 0 aromatic carbocycles. The van der Waals surface area contributed by atoms with Crippen LogP contribution in [0, 0.1) is 5.92 Å². The van der Waals surface area contributed by atoms with Crippen LogP contribution in [0.2, 0.25) is 0 Å². The largest absolute Gasteiger partial charge is 0.478 e. The van der Waals surface area contributed by atoms with E-state index in [9.17, 15) is 14.7 Å². The van der Waals surface area contributed by atoms with Crippen LogP contribution in [-0.2, 0) is 17.6 Å². The highest BCUT2D eigenvalue weighted by molar-refractivity contribution is 7.17. The molecule has 0 saturated heterocycles. The molecule has 5 heteroatoms. The number of aromatic carboxylic acids is 1.